The van der Waals surface area contributed by atoms with E-state index in [9.17, 15) is 18.0 Å². The van der Waals surface area contributed by atoms with Gasteiger partial charge in [-0.25, -0.2) is 13.6 Å². The molecule has 0 radical (unpaired) electrons. The molecule has 1 amide bonds. The molecule has 1 atom stereocenters. The van der Waals surface area contributed by atoms with Gasteiger partial charge >= 0.3 is 0 Å². The van der Waals surface area contributed by atoms with Crippen LogP contribution in [0, 0.1) is 0 Å². The average molecular weight is 422 g/mol. The Morgan fingerprint density at radius 2 is 1.48 bits per heavy atom. The fraction of sp³-hybridized carbons (Fsp3) is 0.263. The molecule has 0 saturated heterocycles. The smallest absolute Gasteiger partial charge is 0.238 e. The molecule has 9 nitrogen and oxygen atoms in total. The second-order valence-electron chi connectivity index (χ2n) is 6.11. The molecule has 0 aliphatic carbocycles. The molecule has 1 unspecified atom stereocenters. The van der Waals surface area contributed by atoms with Crippen LogP contribution in [0.3, 0.4) is 0 Å². The highest BCUT2D eigenvalue weighted by Crippen LogP contribution is 2.39. The van der Waals surface area contributed by atoms with Crippen LogP contribution in [0.5, 0.6) is 17.2 Å². The van der Waals surface area contributed by atoms with E-state index >= 15 is 0 Å². The number of sulfonamides is 1. The summed E-state index contributed by atoms with van der Waals surface area (Å²) in [6.45, 7) is 0. The number of primary sulfonamides is 1. The van der Waals surface area contributed by atoms with Crippen molar-refractivity contribution in [3.8, 4) is 17.2 Å². The molecule has 4 N–H and O–H groups in total. The monoisotopic (exact) mass is 422 g/mol. The molecule has 0 saturated carbocycles. The third kappa shape index (κ3) is 5.04. The zero-order valence-corrected chi connectivity index (χ0v) is 17.0. The van der Waals surface area contributed by atoms with Gasteiger partial charge in [0.25, 0.3) is 0 Å². The van der Waals surface area contributed by atoms with Crippen LogP contribution in [-0.2, 0) is 14.8 Å². The Bertz CT molecular complexity index is 992. The minimum Gasteiger partial charge on any atom is -0.493 e. The standard InChI is InChI=1S/C19H22N2O7S/c1-26-16-8-12(9-17(27-2)18(16)28-3)15(22)10-14(19(20)23)11-4-6-13(7-5-11)29(21,24)25/h4-9,14H,10H2,1-3H3,(H2,20,23)(H2,21,24,25). The number of nitrogens with two attached hydrogens (primary N) is 2. The van der Waals surface area contributed by atoms with Crippen LogP contribution in [0.4, 0.5) is 0 Å². The number of benzene rings is 2. The van der Waals surface area contributed by atoms with E-state index in [1.165, 1.54) is 57.7 Å². The fourth-order valence-electron chi connectivity index (χ4n) is 2.82. The maximum Gasteiger partial charge on any atom is 0.238 e. The number of carbonyl (C=O) groups is 2. The predicted molar refractivity (Wildman–Crippen MR) is 105 cm³/mol. The average Bonchev–Trinajstić information content (AvgIpc) is 2.69. The van der Waals surface area contributed by atoms with E-state index < -0.39 is 21.8 Å². The lowest BCUT2D eigenvalue weighted by Crippen LogP contribution is -2.24. The molecule has 0 heterocycles. The van der Waals surface area contributed by atoms with E-state index in [0.717, 1.165) is 0 Å². The van der Waals surface area contributed by atoms with E-state index in [2.05, 4.69) is 0 Å². The van der Waals surface area contributed by atoms with Crippen molar-refractivity contribution >= 4 is 21.7 Å². The van der Waals surface area contributed by atoms with Gasteiger partial charge in [-0.3, -0.25) is 9.59 Å². The summed E-state index contributed by atoms with van der Waals surface area (Å²) in [5.74, 6) is -1.16. The van der Waals surface area contributed by atoms with E-state index in [0.29, 0.717) is 22.8 Å². The zero-order valence-electron chi connectivity index (χ0n) is 16.2. The van der Waals surface area contributed by atoms with Crippen molar-refractivity contribution in [1.82, 2.24) is 0 Å². The maximum atomic E-state index is 12.8. The number of methoxy groups -OCH3 is 3. The van der Waals surface area contributed by atoms with Gasteiger partial charge in [-0.05, 0) is 29.8 Å². The molecule has 2 aromatic carbocycles. The highest BCUT2D eigenvalue weighted by Gasteiger charge is 2.25. The third-order valence-electron chi connectivity index (χ3n) is 4.33. The number of rotatable bonds is 9. The highest BCUT2D eigenvalue weighted by molar-refractivity contribution is 7.89. The highest BCUT2D eigenvalue weighted by atomic mass is 32.2. The number of ketones is 1. The Hall–Kier alpha value is -3.11. The van der Waals surface area contributed by atoms with E-state index in [4.69, 9.17) is 25.1 Å². The van der Waals surface area contributed by atoms with Gasteiger partial charge in [-0.1, -0.05) is 12.1 Å². The van der Waals surface area contributed by atoms with Crippen molar-refractivity contribution < 1.29 is 32.2 Å². The van der Waals surface area contributed by atoms with Crippen LogP contribution in [-0.4, -0.2) is 41.4 Å². The normalized spacial score (nSPS) is 12.1. The molecule has 10 heteroatoms. The fourth-order valence-corrected chi connectivity index (χ4v) is 3.33. The van der Waals surface area contributed by atoms with E-state index in [1.54, 1.807) is 0 Å². The number of hydrogen-bond donors (Lipinski definition) is 2. The number of hydrogen-bond acceptors (Lipinski definition) is 7. The summed E-state index contributed by atoms with van der Waals surface area (Å²) in [5.41, 5.74) is 6.11. The first-order chi connectivity index (χ1) is 13.6. The lowest BCUT2D eigenvalue weighted by molar-refractivity contribution is -0.119. The van der Waals surface area contributed by atoms with Crippen molar-refractivity contribution in [2.75, 3.05) is 21.3 Å². The minimum absolute atomic E-state index is 0.111. The molecule has 0 aliphatic rings. The van der Waals surface area contributed by atoms with Gasteiger partial charge in [-0.15, -0.1) is 0 Å². The lowest BCUT2D eigenvalue weighted by Gasteiger charge is -2.16. The van der Waals surface area contributed by atoms with Crippen LogP contribution < -0.4 is 25.1 Å². The molecule has 0 fully saturated rings. The second-order valence-corrected chi connectivity index (χ2v) is 7.67. The first kappa shape index (κ1) is 22.2. The maximum absolute atomic E-state index is 12.8. The molecule has 0 aliphatic heterocycles. The molecular formula is C19H22N2O7S. The number of carbonyl (C=O) groups excluding carboxylic acids is 2. The molecular weight excluding hydrogens is 400 g/mol. The van der Waals surface area contributed by atoms with Gasteiger partial charge in [0.05, 0.1) is 32.1 Å². The van der Waals surface area contributed by atoms with Crippen LogP contribution >= 0.6 is 0 Å². The Labute approximate surface area is 168 Å². The number of primary amides is 1. The first-order valence-electron chi connectivity index (χ1n) is 8.37. The Balaban J connectivity index is 2.36. The molecule has 29 heavy (non-hydrogen) atoms. The minimum atomic E-state index is -3.88. The Morgan fingerprint density at radius 3 is 1.86 bits per heavy atom. The Kier molecular flexibility index (Phi) is 6.83. The SMILES string of the molecule is COc1cc(C(=O)CC(C(N)=O)c2ccc(S(N)(=O)=O)cc2)cc(OC)c1OC. The largest absolute Gasteiger partial charge is 0.493 e. The molecule has 0 spiro atoms. The molecule has 2 rings (SSSR count). The van der Waals surface area contributed by atoms with Gasteiger partial charge in [0.1, 0.15) is 0 Å². The number of amides is 1. The van der Waals surface area contributed by atoms with Crippen LogP contribution in [0.2, 0.25) is 0 Å². The quantitative estimate of drug-likeness (QED) is 0.577. The van der Waals surface area contributed by atoms with Gasteiger partial charge in [0.15, 0.2) is 17.3 Å². The molecule has 0 bridgehead atoms. The van der Waals surface area contributed by atoms with Crippen molar-refractivity contribution in [1.29, 1.82) is 0 Å². The van der Waals surface area contributed by atoms with Crippen molar-refractivity contribution in [2.24, 2.45) is 10.9 Å². The van der Waals surface area contributed by atoms with Gasteiger partial charge in [-0.2, -0.15) is 0 Å². The summed E-state index contributed by atoms with van der Waals surface area (Å²) in [5, 5.41) is 5.07. The number of Topliss-reactive ketones (excluding diaryl/α,β-unsaturated/α-hetero) is 1. The summed E-state index contributed by atoms with van der Waals surface area (Å²) in [4.78, 5) is 24.7. The second kappa shape index (κ2) is 8.93. The predicted octanol–water partition coefficient (Wildman–Crippen LogP) is 1.20. The molecule has 2 aromatic rings. The lowest BCUT2D eigenvalue weighted by atomic mass is 9.91. The summed E-state index contributed by atoms with van der Waals surface area (Å²) in [6, 6.07) is 8.27. The van der Waals surface area contributed by atoms with Gasteiger partial charge in [0, 0.05) is 12.0 Å². The van der Waals surface area contributed by atoms with E-state index in [1.807, 2.05) is 0 Å². The summed E-state index contributed by atoms with van der Waals surface area (Å²) in [6.07, 6.45) is -0.233. The first-order valence-corrected chi connectivity index (χ1v) is 9.92. The molecule has 0 aromatic heterocycles. The zero-order chi connectivity index (χ0) is 21.8. The summed E-state index contributed by atoms with van der Waals surface area (Å²) in [7, 11) is 0.407. The van der Waals surface area contributed by atoms with Crippen molar-refractivity contribution in [2.45, 2.75) is 17.2 Å². The Morgan fingerprint density at radius 1 is 0.966 bits per heavy atom. The van der Waals surface area contributed by atoms with Gasteiger partial charge < -0.3 is 19.9 Å². The van der Waals surface area contributed by atoms with Crippen LogP contribution in [0.1, 0.15) is 28.3 Å². The third-order valence-corrected chi connectivity index (χ3v) is 5.26. The van der Waals surface area contributed by atoms with Crippen LogP contribution in [0.15, 0.2) is 41.3 Å². The summed E-state index contributed by atoms with van der Waals surface area (Å²) >= 11 is 0. The topological polar surface area (TPSA) is 148 Å². The van der Waals surface area contributed by atoms with Gasteiger partial charge in [0.2, 0.25) is 21.7 Å². The van der Waals surface area contributed by atoms with Crippen molar-refractivity contribution in [3.63, 3.8) is 0 Å². The summed E-state index contributed by atoms with van der Waals surface area (Å²) < 4.78 is 38.5. The van der Waals surface area contributed by atoms with E-state index in [-0.39, 0.29) is 22.7 Å². The van der Waals surface area contributed by atoms with Crippen molar-refractivity contribution in [3.05, 3.63) is 47.5 Å². The molecule has 156 valence electrons. The van der Waals surface area contributed by atoms with Crippen LogP contribution in [0.25, 0.3) is 0 Å². The number of ether oxygens (including phenoxy) is 3.